The average Bonchev–Trinajstić information content (AvgIpc) is 2.40. The Kier molecular flexibility index (Phi) is 4.09. The molecule has 1 N–H and O–H groups in total. The fourth-order valence-electron chi connectivity index (χ4n) is 1.89. The second-order valence-corrected chi connectivity index (χ2v) is 4.84. The number of aromatic nitrogens is 2. The Morgan fingerprint density at radius 1 is 1.11 bits per heavy atom. The smallest absolute Gasteiger partial charge is 0.182 e. The number of anilines is 1. The van der Waals surface area contributed by atoms with Crippen molar-refractivity contribution in [1.29, 1.82) is 5.26 Å². The Labute approximate surface area is 113 Å². The van der Waals surface area contributed by atoms with Crippen LogP contribution in [0.4, 0.5) is 5.82 Å². The summed E-state index contributed by atoms with van der Waals surface area (Å²) >= 11 is 0. The first-order chi connectivity index (χ1) is 9.19. The van der Waals surface area contributed by atoms with E-state index in [9.17, 15) is 0 Å². The normalized spacial score (nSPS) is 10.2. The highest BCUT2D eigenvalue weighted by molar-refractivity contribution is 5.60. The predicted molar refractivity (Wildman–Crippen MR) is 75.2 cm³/mol. The minimum absolute atomic E-state index is 0.461. The van der Waals surface area contributed by atoms with Crippen molar-refractivity contribution in [3.8, 4) is 17.5 Å². The highest BCUT2D eigenvalue weighted by Crippen LogP contribution is 2.19. The number of nitrogens with zero attached hydrogens (tertiary/aromatic N) is 3. The van der Waals surface area contributed by atoms with Crippen LogP contribution in [0.25, 0.3) is 11.3 Å². The summed E-state index contributed by atoms with van der Waals surface area (Å²) in [5, 5.41) is 19.0. The Hall–Kier alpha value is -2.41. The Balaban J connectivity index is 2.15. The zero-order chi connectivity index (χ0) is 13.7. The van der Waals surface area contributed by atoms with Crippen molar-refractivity contribution in [2.24, 2.45) is 5.92 Å². The second kappa shape index (κ2) is 5.96. The molecule has 1 heterocycles. The lowest BCUT2D eigenvalue weighted by atomic mass is 10.0. The molecule has 2 rings (SSSR count). The highest BCUT2D eigenvalue weighted by atomic mass is 15.2. The molecule has 4 heteroatoms. The second-order valence-electron chi connectivity index (χ2n) is 4.84. The van der Waals surface area contributed by atoms with Gasteiger partial charge in [0.1, 0.15) is 0 Å². The summed E-state index contributed by atoms with van der Waals surface area (Å²) < 4.78 is 0. The molecule has 0 aliphatic rings. The van der Waals surface area contributed by atoms with Crippen molar-refractivity contribution in [1.82, 2.24) is 10.2 Å². The van der Waals surface area contributed by atoms with Crippen LogP contribution in [0.15, 0.2) is 36.4 Å². The summed E-state index contributed by atoms with van der Waals surface area (Å²) in [4.78, 5) is 0. The third-order valence-electron chi connectivity index (χ3n) is 2.74. The van der Waals surface area contributed by atoms with Gasteiger partial charge in [0, 0.05) is 5.56 Å². The number of nitriles is 1. The van der Waals surface area contributed by atoms with Crippen LogP contribution in [-0.4, -0.2) is 10.2 Å². The van der Waals surface area contributed by atoms with E-state index in [1.807, 2.05) is 12.3 Å². The van der Waals surface area contributed by atoms with Crippen molar-refractivity contribution >= 4 is 5.82 Å². The molecule has 0 bridgehead atoms. The lowest BCUT2D eigenvalue weighted by Crippen LogP contribution is -1.96. The van der Waals surface area contributed by atoms with Crippen molar-refractivity contribution in [3.05, 3.63) is 42.0 Å². The number of benzene rings is 1. The van der Waals surface area contributed by atoms with Gasteiger partial charge >= 0.3 is 0 Å². The maximum atomic E-state index is 8.48. The molecular formula is C15H16N4. The number of nitrogens with one attached hydrogen (secondary N) is 1. The molecule has 0 spiro atoms. The van der Waals surface area contributed by atoms with Gasteiger partial charge in [0.15, 0.2) is 12.0 Å². The van der Waals surface area contributed by atoms with Crippen LogP contribution in [0.3, 0.4) is 0 Å². The van der Waals surface area contributed by atoms with Gasteiger partial charge in [-0.2, -0.15) is 5.26 Å². The molecule has 0 saturated heterocycles. The molecule has 1 aromatic heterocycles. The maximum absolute atomic E-state index is 8.48. The van der Waals surface area contributed by atoms with Crippen molar-refractivity contribution in [2.75, 3.05) is 5.32 Å². The van der Waals surface area contributed by atoms with E-state index in [4.69, 9.17) is 5.26 Å². The van der Waals surface area contributed by atoms with E-state index in [2.05, 4.69) is 53.6 Å². The summed E-state index contributed by atoms with van der Waals surface area (Å²) in [6, 6.07) is 12.0. The van der Waals surface area contributed by atoms with E-state index in [-0.39, 0.29) is 0 Å². The fourth-order valence-corrected chi connectivity index (χ4v) is 1.89. The Morgan fingerprint density at radius 2 is 1.84 bits per heavy atom. The lowest BCUT2D eigenvalue weighted by Gasteiger charge is -2.06. The summed E-state index contributed by atoms with van der Waals surface area (Å²) in [5.74, 6) is 1.12. The zero-order valence-corrected chi connectivity index (χ0v) is 11.1. The molecule has 0 amide bonds. The molecule has 0 saturated carbocycles. The van der Waals surface area contributed by atoms with E-state index in [1.165, 1.54) is 5.56 Å². The number of rotatable bonds is 4. The SMILES string of the molecule is CC(C)Cc1ccc(-c2ccc(NC#N)nn2)cc1. The molecule has 96 valence electrons. The first kappa shape index (κ1) is 13.0. The molecule has 4 nitrogen and oxygen atoms in total. The third-order valence-corrected chi connectivity index (χ3v) is 2.74. The van der Waals surface area contributed by atoms with Gasteiger partial charge in [0.25, 0.3) is 0 Å². The van der Waals surface area contributed by atoms with E-state index < -0.39 is 0 Å². The van der Waals surface area contributed by atoms with Crippen LogP contribution in [0.2, 0.25) is 0 Å². The molecule has 0 fully saturated rings. The molecule has 2 aromatic rings. The van der Waals surface area contributed by atoms with E-state index in [0.717, 1.165) is 17.7 Å². The molecule has 0 aliphatic carbocycles. The largest absolute Gasteiger partial charge is 0.275 e. The monoisotopic (exact) mass is 252 g/mol. The molecular weight excluding hydrogens is 236 g/mol. The van der Waals surface area contributed by atoms with Crippen LogP contribution in [0.1, 0.15) is 19.4 Å². The Morgan fingerprint density at radius 3 is 2.37 bits per heavy atom. The molecule has 0 atom stereocenters. The summed E-state index contributed by atoms with van der Waals surface area (Å²) in [7, 11) is 0. The Bertz CT molecular complexity index is 565. The molecule has 0 unspecified atom stereocenters. The average molecular weight is 252 g/mol. The molecule has 1 aromatic carbocycles. The maximum Gasteiger partial charge on any atom is 0.182 e. The third kappa shape index (κ3) is 3.52. The minimum atomic E-state index is 0.461. The van der Waals surface area contributed by atoms with E-state index >= 15 is 0 Å². The van der Waals surface area contributed by atoms with E-state index in [0.29, 0.717) is 11.7 Å². The van der Waals surface area contributed by atoms with Crippen molar-refractivity contribution < 1.29 is 0 Å². The van der Waals surface area contributed by atoms with Crippen molar-refractivity contribution in [2.45, 2.75) is 20.3 Å². The van der Waals surface area contributed by atoms with Gasteiger partial charge in [0.2, 0.25) is 0 Å². The standard InChI is InChI=1S/C15H16N4/c1-11(2)9-12-3-5-13(6-4-12)14-7-8-15(17-10-16)19-18-14/h3-8,11H,9H2,1-2H3,(H,17,19). The van der Waals surface area contributed by atoms with Gasteiger partial charge < -0.3 is 0 Å². The number of hydrogen-bond donors (Lipinski definition) is 1. The summed E-state index contributed by atoms with van der Waals surface area (Å²) in [6.45, 7) is 4.42. The van der Waals surface area contributed by atoms with Gasteiger partial charge in [-0.15, -0.1) is 10.2 Å². The summed E-state index contributed by atoms with van der Waals surface area (Å²) in [5.41, 5.74) is 3.16. The van der Waals surface area contributed by atoms with Gasteiger partial charge in [-0.05, 0) is 30.0 Å². The predicted octanol–water partition coefficient (Wildman–Crippen LogP) is 3.24. The van der Waals surface area contributed by atoms with Crippen LogP contribution >= 0.6 is 0 Å². The lowest BCUT2D eigenvalue weighted by molar-refractivity contribution is 0.647. The first-order valence-corrected chi connectivity index (χ1v) is 6.27. The van der Waals surface area contributed by atoms with Crippen LogP contribution in [-0.2, 0) is 6.42 Å². The topological polar surface area (TPSA) is 61.6 Å². The molecule has 0 radical (unpaired) electrons. The highest BCUT2D eigenvalue weighted by Gasteiger charge is 2.02. The molecule has 0 aliphatic heterocycles. The minimum Gasteiger partial charge on any atom is -0.275 e. The fraction of sp³-hybridized carbons (Fsp3) is 0.267. The number of hydrogen-bond acceptors (Lipinski definition) is 4. The van der Waals surface area contributed by atoms with Crippen LogP contribution in [0, 0.1) is 17.4 Å². The van der Waals surface area contributed by atoms with Crippen molar-refractivity contribution in [3.63, 3.8) is 0 Å². The van der Waals surface area contributed by atoms with Crippen LogP contribution in [0.5, 0.6) is 0 Å². The quantitative estimate of drug-likeness (QED) is 0.670. The zero-order valence-electron chi connectivity index (χ0n) is 11.1. The van der Waals surface area contributed by atoms with Gasteiger partial charge in [-0.25, -0.2) is 0 Å². The van der Waals surface area contributed by atoms with E-state index in [1.54, 1.807) is 6.07 Å². The first-order valence-electron chi connectivity index (χ1n) is 6.27. The summed E-state index contributed by atoms with van der Waals surface area (Å²) in [6.07, 6.45) is 2.90. The van der Waals surface area contributed by atoms with Gasteiger partial charge in [0.05, 0.1) is 5.69 Å². The van der Waals surface area contributed by atoms with Gasteiger partial charge in [-0.3, -0.25) is 5.32 Å². The molecule has 19 heavy (non-hydrogen) atoms. The van der Waals surface area contributed by atoms with Gasteiger partial charge in [-0.1, -0.05) is 38.1 Å². The van der Waals surface area contributed by atoms with Crippen LogP contribution < -0.4 is 5.32 Å².